The Labute approximate surface area is 126 Å². The van der Waals surface area contributed by atoms with Crippen LogP contribution in [0.5, 0.6) is 0 Å². The fraction of sp³-hybridized carbons (Fsp3) is 0.857. The molecule has 2 saturated heterocycles. The molecule has 0 aromatic rings. The van der Waals surface area contributed by atoms with Gasteiger partial charge in [-0.2, -0.15) is 0 Å². The standard InChI is InChI=1S/C14H24N2O3.ClH/c1-9(5-14(18)19-2)15-13(17)8-10-6-11-3-4-12(7-10)16-11;/h9-12,16H,3-8H2,1-2H3,(H,15,17);1H. The average molecular weight is 305 g/mol. The maximum atomic E-state index is 11.9. The van der Waals surface area contributed by atoms with Crippen LogP contribution in [0.15, 0.2) is 0 Å². The predicted molar refractivity (Wildman–Crippen MR) is 78.8 cm³/mol. The molecule has 116 valence electrons. The molecule has 3 atom stereocenters. The van der Waals surface area contributed by atoms with Crippen molar-refractivity contribution >= 4 is 24.3 Å². The summed E-state index contributed by atoms with van der Waals surface area (Å²) in [6, 6.07) is 1.08. The second-order valence-electron chi connectivity index (χ2n) is 5.93. The van der Waals surface area contributed by atoms with Crippen LogP contribution in [-0.4, -0.2) is 37.1 Å². The van der Waals surface area contributed by atoms with Gasteiger partial charge in [0.2, 0.25) is 5.91 Å². The minimum absolute atomic E-state index is 0. The number of hydrogen-bond acceptors (Lipinski definition) is 4. The van der Waals surface area contributed by atoms with Crippen molar-refractivity contribution < 1.29 is 14.3 Å². The summed E-state index contributed by atoms with van der Waals surface area (Å²) in [6.07, 6.45) is 5.54. The molecule has 3 unspecified atom stereocenters. The van der Waals surface area contributed by atoms with E-state index in [0.29, 0.717) is 24.4 Å². The van der Waals surface area contributed by atoms with E-state index >= 15 is 0 Å². The number of ether oxygens (including phenoxy) is 1. The first-order chi connectivity index (χ1) is 9.06. The molecule has 2 fully saturated rings. The Morgan fingerprint density at radius 3 is 2.45 bits per heavy atom. The van der Waals surface area contributed by atoms with Crippen LogP contribution in [0.4, 0.5) is 0 Å². The molecule has 1 amide bonds. The summed E-state index contributed by atoms with van der Waals surface area (Å²) in [7, 11) is 1.36. The summed E-state index contributed by atoms with van der Waals surface area (Å²) >= 11 is 0. The Balaban J connectivity index is 0.00000200. The number of amides is 1. The first-order valence-corrected chi connectivity index (χ1v) is 7.19. The Morgan fingerprint density at radius 2 is 1.90 bits per heavy atom. The molecular weight excluding hydrogens is 280 g/mol. The molecule has 0 aromatic heterocycles. The monoisotopic (exact) mass is 304 g/mol. The number of piperidine rings is 1. The highest BCUT2D eigenvalue weighted by molar-refractivity contribution is 5.85. The highest BCUT2D eigenvalue weighted by Gasteiger charge is 2.34. The second-order valence-corrected chi connectivity index (χ2v) is 5.93. The molecule has 0 saturated carbocycles. The molecule has 0 radical (unpaired) electrons. The van der Waals surface area contributed by atoms with Crippen molar-refractivity contribution in [1.29, 1.82) is 0 Å². The van der Waals surface area contributed by atoms with Crippen LogP contribution in [0, 0.1) is 5.92 Å². The lowest BCUT2D eigenvalue weighted by molar-refractivity contribution is -0.141. The number of carbonyl (C=O) groups is 2. The van der Waals surface area contributed by atoms with Crippen LogP contribution < -0.4 is 10.6 Å². The van der Waals surface area contributed by atoms with Gasteiger partial charge in [0.25, 0.3) is 0 Å². The van der Waals surface area contributed by atoms with Gasteiger partial charge >= 0.3 is 5.97 Å². The van der Waals surface area contributed by atoms with Crippen LogP contribution in [0.3, 0.4) is 0 Å². The van der Waals surface area contributed by atoms with Gasteiger partial charge in [0.15, 0.2) is 0 Å². The van der Waals surface area contributed by atoms with E-state index in [1.165, 1.54) is 20.0 Å². The van der Waals surface area contributed by atoms with E-state index in [2.05, 4.69) is 15.4 Å². The third-order valence-electron chi connectivity index (χ3n) is 4.15. The molecule has 2 heterocycles. The largest absolute Gasteiger partial charge is 0.469 e. The molecule has 0 aromatic carbocycles. The van der Waals surface area contributed by atoms with Crippen LogP contribution in [0.2, 0.25) is 0 Å². The molecule has 6 heteroatoms. The zero-order valence-corrected chi connectivity index (χ0v) is 13.0. The molecule has 20 heavy (non-hydrogen) atoms. The molecule has 2 bridgehead atoms. The highest BCUT2D eigenvalue weighted by Crippen LogP contribution is 2.32. The maximum Gasteiger partial charge on any atom is 0.307 e. The second kappa shape index (κ2) is 7.84. The van der Waals surface area contributed by atoms with Gasteiger partial charge < -0.3 is 15.4 Å². The van der Waals surface area contributed by atoms with Crippen molar-refractivity contribution in [1.82, 2.24) is 10.6 Å². The first-order valence-electron chi connectivity index (χ1n) is 7.19. The molecule has 2 aliphatic rings. The SMILES string of the molecule is COC(=O)CC(C)NC(=O)CC1CC2CCC(C1)N2.Cl. The topological polar surface area (TPSA) is 67.4 Å². The summed E-state index contributed by atoms with van der Waals surface area (Å²) in [5.41, 5.74) is 0. The Hall–Kier alpha value is -0.810. The minimum Gasteiger partial charge on any atom is -0.469 e. The Kier molecular flexibility index (Phi) is 6.76. The molecule has 2 N–H and O–H groups in total. The van der Waals surface area contributed by atoms with E-state index in [9.17, 15) is 9.59 Å². The fourth-order valence-corrected chi connectivity index (χ4v) is 3.32. The number of carbonyl (C=O) groups excluding carboxylic acids is 2. The third kappa shape index (κ3) is 4.94. The quantitative estimate of drug-likeness (QED) is 0.753. The van der Waals surface area contributed by atoms with Gasteiger partial charge in [-0.25, -0.2) is 0 Å². The lowest BCUT2D eigenvalue weighted by Crippen LogP contribution is -2.41. The molecule has 5 nitrogen and oxygen atoms in total. The van der Waals surface area contributed by atoms with Crippen molar-refractivity contribution in [3.05, 3.63) is 0 Å². The van der Waals surface area contributed by atoms with Crippen molar-refractivity contribution in [3.63, 3.8) is 0 Å². The van der Waals surface area contributed by atoms with Gasteiger partial charge in [0.1, 0.15) is 0 Å². The van der Waals surface area contributed by atoms with Crippen LogP contribution in [0.25, 0.3) is 0 Å². The lowest BCUT2D eigenvalue weighted by atomic mass is 9.89. The van der Waals surface area contributed by atoms with E-state index in [4.69, 9.17) is 0 Å². The lowest BCUT2D eigenvalue weighted by Gasteiger charge is -2.29. The predicted octanol–water partition coefficient (Wildman–Crippen LogP) is 1.40. The van der Waals surface area contributed by atoms with Crippen molar-refractivity contribution in [2.45, 2.75) is 63.6 Å². The van der Waals surface area contributed by atoms with Crippen molar-refractivity contribution in [3.8, 4) is 0 Å². The summed E-state index contributed by atoms with van der Waals surface area (Å²) in [6.45, 7) is 1.83. The number of methoxy groups -OCH3 is 1. The van der Waals surface area contributed by atoms with Gasteiger partial charge in [0.05, 0.1) is 13.5 Å². The number of esters is 1. The minimum atomic E-state index is -0.285. The zero-order valence-electron chi connectivity index (χ0n) is 12.2. The van der Waals surface area contributed by atoms with Crippen molar-refractivity contribution in [2.24, 2.45) is 5.92 Å². The average Bonchev–Trinajstić information content (AvgIpc) is 2.68. The molecule has 2 rings (SSSR count). The van der Waals surface area contributed by atoms with E-state index in [1.54, 1.807) is 0 Å². The van der Waals surface area contributed by atoms with Crippen LogP contribution in [-0.2, 0) is 14.3 Å². The Bertz CT molecular complexity index is 339. The van der Waals surface area contributed by atoms with Crippen LogP contribution >= 0.6 is 12.4 Å². The zero-order chi connectivity index (χ0) is 13.8. The molecule has 0 aliphatic carbocycles. The maximum absolute atomic E-state index is 11.9. The van der Waals surface area contributed by atoms with Gasteiger partial charge in [-0.15, -0.1) is 12.4 Å². The highest BCUT2D eigenvalue weighted by atomic mass is 35.5. The van der Waals surface area contributed by atoms with E-state index in [1.807, 2.05) is 6.92 Å². The van der Waals surface area contributed by atoms with Gasteiger partial charge in [0, 0.05) is 24.5 Å². The molecule has 2 aliphatic heterocycles. The normalized spacial score (nSPS) is 29.2. The summed E-state index contributed by atoms with van der Waals surface area (Å²) in [5.74, 6) is 0.263. The fourth-order valence-electron chi connectivity index (χ4n) is 3.32. The number of rotatable bonds is 5. The first kappa shape index (κ1) is 17.2. The van der Waals surface area contributed by atoms with Crippen molar-refractivity contribution in [2.75, 3.05) is 7.11 Å². The number of hydrogen-bond donors (Lipinski definition) is 2. The summed E-state index contributed by atoms with van der Waals surface area (Å²) in [5, 5.41) is 6.46. The molecule has 0 spiro atoms. The van der Waals surface area contributed by atoms with Gasteiger partial charge in [-0.1, -0.05) is 0 Å². The number of halogens is 1. The van der Waals surface area contributed by atoms with Gasteiger partial charge in [-0.3, -0.25) is 9.59 Å². The molecular formula is C14H25ClN2O3. The summed E-state index contributed by atoms with van der Waals surface area (Å²) in [4.78, 5) is 23.0. The van der Waals surface area contributed by atoms with E-state index < -0.39 is 0 Å². The number of fused-ring (bicyclic) bond motifs is 2. The van der Waals surface area contributed by atoms with Gasteiger partial charge in [-0.05, 0) is 38.5 Å². The van der Waals surface area contributed by atoms with Crippen LogP contribution in [0.1, 0.15) is 45.4 Å². The van der Waals surface area contributed by atoms with E-state index in [-0.39, 0.29) is 36.7 Å². The third-order valence-corrected chi connectivity index (χ3v) is 4.15. The summed E-state index contributed by atoms with van der Waals surface area (Å²) < 4.78 is 4.59. The van der Waals surface area contributed by atoms with E-state index in [0.717, 1.165) is 12.8 Å². The number of nitrogens with one attached hydrogen (secondary N) is 2. The Morgan fingerprint density at radius 1 is 1.30 bits per heavy atom. The smallest absolute Gasteiger partial charge is 0.307 e.